The molecule has 0 heterocycles. The molecule has 2 aromatic carbocycles. The van der Waals surface area contributed by atoms with Crippen LogP contribution in [0.2, 0.25) is 5.02 Å². The SMILES string of the molecule is COc1cc(Br)c(CNc2ccc(Br)c(Cl)c2)cc1OC. The molecule has 3 nitrogen and oxygen atoms in total. The van der Waals surface area contributed by atoms with Crippen LogP contribution in [0.3, 0.4) is 0 Å². The summed E-state index contributed by atoms with van der Waals surface area (Å²) in [5.41, 5.74) is 2.01. The number of hydrogen-bond acceptors (Lipinski definition) is 3. The van der Waals surface area contributed by atoms with Crippen LogP contribution in [0, 0.1) is 0 Å². The van der Waals surface area contributed by atoms with E-state index in [1.807, 2.05) is 30.3 Å². The van der Waals surface area contributed by atoms with Gasteiger partial charge < -0.3 is 14.8 Å². The largest absolute Gasteiger partial charge is 0.493 e. The summed E-state index contributed by atoms with van der Waals surface area (Å²) in [4.78, 5) is 0. The average molecular weight is 436 g/mol. The number of nitrogens with one attached hydrogen (secondary N) is 1. The van der Waals surface area contributed by atoms with Crippen LogP contribution in [0.15, 0.2) is 39.3 Å². The number of methoxy groups -OCH3 is 2. The van der Waals surface area contributed by atoms with Gasteiger partial charge in [0.25, 0.3) is 0 Å². The van der Waals surface area contributed by atoms with E-state index >= 15 is 0 Å². The lowest BCUT2D eigenvalue weighted by atomic mass is 10.2. The minimum absolute atomic E-state index is 0.638. The van der Waals surface area contributed by atoms with Gasteiger partial charge in [0.05, 0.1) is 19.2 Å². The first-order chi connectivity index (χ1) is 10.0. The minimum atomic E-state index is 0.638. The molecule has 0 atom stereocenters. The van der Waals surface area contributed by atoms with Gasteiger partial charge in [0.1, 0.15) is 0 Å². The highest BCUT2D eigenvalue weighted by Gasteiger charge is 2.09. The van der Waals surface area contributed by atoms with E-state index in [2.05, 4.69) is 37.2 Å². The van der Waals surface area contributed by atoms with Crippen LogP contribution in [0.25, 0.3) is 0 Å². The number of anilines is 1. The molecule has 1 N–H and O–H groups in total. The number of ether oxygens (including phenoxy) is 2. The van der Waals surface area contributed by atoms with Gasteiger partial charge in [-0.15, -0.1) is 0 Å². The lowest BCUT2D eigenvalue weighted by Crippen LogP contribution is -2.01. The van der Waals surface area contributed by atoms with Crippen LogP contribution in [0.1, 0.15) is 5.56 Å². The van der Waals surface area contributed by atoms with E-state index in [0.29, 0.717) is 23.1 Å². The van der Waals surface area contributed by atoms with Crippen molar-refractivity contribution in [3.05, 3.63) is 49.9 Å². The second-order valence-electron chi connectivity index (χ2n) is 4.28. The van der Waals surface area contributed by atoms with Crippen molar-refractivity contribution in [2.75, 3.05) is 19.5 Å². The molecule has 0 radical (unpaired) electrons. The molecular formula is C15H14Br2ClNO2. The third kappa shape index (κ3) is 4.05. The van der Waals surface area contributed by atoms with Gasteiger partial charge in [0.2, 0.25) is 0 Å². The Morgan fingerprint density at radius 1 is 1.00 bits per heavy atom. The fraction of sp³-hybridized carbons (Fsp3) is 0.200. The molecule has 0 amide bonds. The zero-order chi connectivity index (χ0) is 15.4. The molecule has 0 fully saturated rings. The Balaban J connectivity index is 2.17. The van der Waals surface area contributed by atoms with Crippen molar-refractivity contribution in [1.82, 2.24) is 0 Å². The first-order valence-corrected chi connectivity index (χ1v) is 8.11. The Morgan fingerprint density at radius 2 is 1.67 bits per heavy atom. The van der Waals surface area contributed by atoms with E-state index in [9.17, 15) is 0 Å². The normalized spacial score (nSPS) is 10.3. The molecule has 2 rings (SSSR count). The summed E-state index contributed by atoms with van der Waals surface area (Å²) in [6.07, 6.45) is 0. The first kappa shape index (κ1) is 16.5. The molecule has 112 valence electrons. The van der Waals surface area contributed by atoms with E-state index in [1.54, 1.807) is 14.2 Å². The topological polar surface area (TPSA) is 30.5 Å². The molecule has 21 heavy (non-hydrogen) atoms. The molecule has 0 aliphatic rings. The maximum absolute atomic E-state index is 6.08. The summed E-state index contributed by atoms with van der Waals surface area (Å²) in [5, 5.41) is 4.00. The minimum Gasteiger partial charge on any atom is -0.493 e. The second kappa shape index (κ2) is 7.38. The van der Waals surface area contributed by atoms with Gasteiger partial charge in [-0.3, -0.25) is 0 Å². The van der Waals surface area contributed by atoms with Gasteiger partial charge in [-0.25, -0.2) is 0 Å². The van der Waals surface area contributed by atoms with Crippen LogP contribution in [-0.2, 0) is 6.54 Å². The lowest BCUT2D eigenvalue weighted by molar-refractivity contribution is 0.354. The number of halogens is 3. The van der Waals surface area contributed by atoms with Gasteiger partial charge in [-0.1, -0.05) is 27.5 Å². The highest BCUT2D eigenvalue weighted by atomic mass is 79.9. The van der Waals surface area contributed by atoms with Crippen LogP contribution in [-0.4, -0.2) is 14.2 Å². The Labute approximate surface area is 145 Å². The zero-order valence-electron chi connectivity index (χ0n) is 11.5. The van der Waals surface area contributed by atoms with Crippen LogP contribution in [0.4, 0.5) is 5.69 Å². The molecular weight excluding hydrogens is 421 g/mol. The summed E-state index contributed by atoms with van der Waals surface area (Å²) in [7, 11) is 3.24. The maximum Gasteiger partial charge on any atom is 0.161 e. The summed E-state index contributed by atoms with van der Waals surface area (Å²) in [6, 6.07) is 9.58. The highest BCUT2D eigenvalue weighted by Crippen LogP contribution is 2.34. The molecule has 0 saturated carbocycles. The van der Waals surface area contributed by atoms with E-state index in [0.717, 1.165) is 20.2 Å². The number of rotatable bonds is 5. The van der Waals surface area contributed by atoms with Crippen LogP contribution < -0.4 is 14.8 Å². The fourth-order valence-electron chi connectivity index (χ4n) is 1.84. The third-order valence-corrected chi connectivity index (χ3v) is 4.93. The van der Waals surface area contributed by atoms with E-state index in [1.165, 1.54) is 0 Å². The van der Waals surface area contributed by atoms with Crippen molar-refractivity contribution in [2.24, 2.45) is 0 Å². The predicted octanol–water partition coefficient (Wildman–Crippen LogP) is 5.49. The number of hydrogen-bond donors (Lipinski definition) is 1. The van der Waals surface area contributed by atoms with E-state index in [-0.39, 0.29) is 0 Å². The molecule has 0 saturated heterocycles. The lowest BCUT2D eigenvalue weighted by Gasteiger charge is -2.13. The molecule has 0 spiro atoms. The van der Waals surface area contributed by atoms with Gasteiger partial charge in [-0.05, 0) is 51.8 Å². The van der Waals surface area contributed by atoms with Gasteiger partial charge in [-0.2, -0.15) is 0 Å². The highest BCUT2D eigenvalue weighted by molar-refractivity contribution is 9.10. The van der Waals surface area contributed by atoms with Crippen molar-refractivity contribution >= 4 is 49.1 Å². The number of benzene rings is 2. The van der Waals surface area contributed by atoms with Crippen LogP contribution in [0.5, 0.6) is 11.5 Å². The predicted molar refractivity (Wildman–Crippen MR) is 93.7 cm³/mol. The first-order valence-electron chi connectivity index (χ1n) is 6.14. The van der Waals surface area contributed by atoms with E-state index in [4.69, 9.17) is 21.1 Å². The van der Waals surface area contributed by atoms with E-state index < -0.39 is 0 Å². The Morgan fingerprint density at radius 3 is 2.29 bits per heavy atom. The summed E-state index contributed by atoms with van der Waals surface area (Å²) in [6.45, 7) is 0.638. The molecule has 2 aromatic rings. The fourth-order valence-corrected chi connectivity index (χ4v) is 2.72. The Kier molecular flexibility index (Phi) is 5.79. The average Bonchev–Trinajstić information content (AvgIpc) is 2.49. The van der Waals surface area contributed by atoms with Gasteiger partial charge >= 0.3 is 0 Å². The maximum atomic E-state index is 6.08. The van der Waals surface area contributed by atoms with Gasteiger partial charge in [0, 0.05) is 21.2 Å². The monoisotopic (exact) mass is 433 g/mol. The quantitative estimate of drug-likeness (QED) is 0.673. The molecule has 0 bridgehead atoms. The van der Waals surface area contributed by atoms with Crippen molar-refractivity contribution in [2.45, 2.75) is 6.54 Å². The van der Waals surface area contributed by atoms with Crippen molar-refractivity contribution < 1.29 is 9.47 Å². The van der Waals surface area contributed by atoms with Crippen LogP contribution >= 0.6 is 43.5 Å². The van der Waals surface area contributed by atoms with Gasteiger partial charge in [0.15, 0.2) is 11.5 Å². The summed E-state index contributed by atoms with van der Waals surface area (Å²) >= 11 is 13.0. The van der Waals surface area contributed by atoms with Crippen molar-refractivity contribution in [3.8, 4) is 11.5 Å². The molecule has 0 aromatic heterocycles. The molecule has 0 aliphatic heterocycles. The zero-order valence-corrected chi connectivity index (χ0v) is 15.5. The second-order valence-corrected chi connectivity index (χ2v) is 6.40. The standard InChI is InChI=1S/C15H14Br2ClNO2/c1-20-14-5-9(12(17)7-15(14)21-2)8-19-10-3-4-11(16)13(18)6-10/h3-7,19H,8H2,1-2H3. The third-order valence-electron chi connectivity index (χ3n) is 2.96. The molecule has 6 heteroatoms. The van der Waals surface area contributed by atoms with Crippen molar-refractivity contribution in [1.29, 1.82) is 0 Å². The summed E-state index contributed by atoms with van der Waals surface area (Å²) < 4.78 is 12.4. The summed E-state index contributed by atoms with van der Waals surface area (Å²) in [5.74, 6) is 1.39. The Bertz CT molecular complexity index is 650. The van der Waals surface area contributed by atoms with Crippen molar-refractivity contribution in [3.63, 3.8) is 0 Å². The Hall–Kier alpha value is -0.910. The smallest absolute Gasteiger partial charge is 0.161 e. The molecule has 0 aliphatic carbocycles. The molecule has 0 unspecified atom stereocenters.